The number of rotatable bonds is 7. The number of unbranched alkanes of at least 4 members (excludes halogenated alkanes) is 1. The monoisotopic (exact) mass is 469 g/mol. The van der Waals surface area contributed by atoms with Crippen molar-refractivity contribution in [1.82, 2.24) is 24.8 Å². The van der Waals surface area contributed by atoms with Gasteiger partial charge in [-0.2, -0.15) is 0 Å². The number of imidazole rings is 2. The maximum atomic E-state index is 6.12. The summed E-state index contributed by atoms with van der Waals surface area (Å²) in [4.78, 5) is 18.3. The first kappa shape index (κ1) is 20.8. The number of nitrogens with zero attached hydrogens (tertiary/aromatic N) is 3. The number of benzene rings is 2. The van der Waals surface area contributed by atoms with Gasteiger partial charge >= 0.3 is 0 Å². The molecule has 0 fully saturated rings. The summed E-state index contributed by atoms with van der Waals surface area (Å²) in [6.07, 6.45) is 2.18. The van der Waals surface area contributed by atoms with Crippen LogP contribution in [0.15, 0.2) is 24.3 Å². The maximum absolute atomic E-state index is 6.12. The van der Waals surface area contributed by atoms with Crippen molar-refractivity contribution in [3.8, 4) is 0 Å². The zero-order valence-electron chi connectivity index (χ0n) is 15.7. The van der Waals surface area contributed by atoms with E-state index in [9.17, 15) is 0 Å². The molecule has 0 bridgehead atoms. The highest BCUT2D eigenvalue weighted by Gasteiger charge is 2.14. The van der Waals surface area contributed by atoms with E-state index in [1.807, 2.05) is 0 Å². The molecule has 4 aromatic rings. The Hall–Kier alpha value is -1.50. The highest BCUT2D eigenvalue weighted by molar-refractivity contribution is 6.43. The third kappa shape index (κ3) is 4.65. The summed E-state index contributed by atoms with van der Waals surface area (Å²) in [7, 11) is 0. The van der Waals surface area contributed by atoms with Crippen LogP contribution in [0, 0.1) is 0 Å². The van der Waals surface area contributed by atoms with Gasteiger partial charge in [-0.15, -0.1) is 0 Å². The number of aromatic nitrogens is 4. The average Bonchev–Trinajstić information content (AvgIpc) is 3.23. The van der Waals surface area contributed by atoms with Crippen molar-refractivity contribution < 1.29 is 0 Å². The lowest BCUT2D eigenvalue weighted by molar-refractivity contribution is 0.242. The van der Waals surface area contributed by atoms with Gasteiger partial charge in [0.2, 0.25) is 0 Å². The molecule has 0 aliphatic rings. The van der Waals surface area contributed by atoms with Crippen LogP contribution in [0.4, 0.5) is 0 Å². The van der Waals surface area contributed by atoms with E-state index in [0.29, 0.717) is 33.2 Å². The molecule has 0 radical (unpaired) electrons. The van der Waals surface area contributed by atoms with Crippen molar-refractivity contribution in [3.05, 3.63) is 56.0 Å². The van der Waals surface area contributed by atoms with Crippen LogP contribution in [-0.4, -0.2) is 31.4 Å². The Kier molecular flexibility index (Phi) is 6.23. The molecule has 0 amide bonds. The number of H-pyrrole nitrogens is 2. The van der Waals surface area contributed by atoms with Crippen molar-refractivity contribution >= 4 is 68.5 Å². The van der Waals surface area contributed by atoms with Crippen molar-refractivity contribution in [3.63, 3.8) is 0 Å². The Morgan fingerprint density at radius 2 is 1.21 bits per heavy atom. The van der Waals surface area contributed by atoms with Crippen molar-refractivity contribution in [1.29, 1.82) is 0 Å². The van der Waals surface area contributed by atoms with E-state index in [1.54, 1.807) is 24.3 Å². The van der Waals surface area contributed by atoms with Crippen LogP contribution < -0.4 is 0 Å². The molecule has 2 aromatic carbocycles. The van der Waals surface area contributed by atoms with Crippen LogP contribution in [0.25, 0.3) is 22.1 Å². The zero-order chi connectivity index (χ0) is 20.5. The molecule has 0 unspecified atom stereocenters. The zero-order valence-corrected chi connectivity index (χ0v) is 18.7. The van der Waals surface area contributed by atoms with E-state index in [0.717, 1.165) is 53.1 Å². The molecular formula is C20H19Cl4N5. The molecule has 2 heterocycles. The highest BCUT2D eigenvalue weighted by Crippen LogP contribution is 2.28. The van der Waals surface area contributed by atoms with Crippen LogP contribution in [0.2, 0.25) is 20.1 Å². The minimum Gasteiger partial charge on any atom is -0.341 e. The van der Waals surface area contributed by atoms with Gasteiger partial charge in [-0.3, -0.25) is 4.90 Å². The molecule has 0 aliphatic carbocycles. The smallest absolute Gasteiger partial charge is 0.121 e. The summed E-state index contributed by atoms with van der Waals surface area (Å²) >= 11 is 24.5. The third-order valence-electron chi connectivity index (χ3n) is 4.72. The normalized spacial score (nSPS) is 11.9. The molecule has 4 rings (SSSR count). The highest BCUT2D eigenvalue weighted by atomic mass is 35.5. The topological polar surface area (TPSA) is 60.6 Å². The minimum atomic E-state index is 0.500. The standard InChI is InChI=1S/C20H19Cl4N5/c1-2-3-4-29(9-19-25-15-5-11(21)12(22)6-16(15)26-19)10-20-27-17-7-13(23)14(24)8-18(17)28-20/h5-8H,2-4,9-10H2,1H3,(H,25,26)(H,27,28). The van der Waals surface area contributed by atoms with Crippen molar-refractivity contribution in [2.45, 2.75) is 32.9 Å². The summed E-state index contributed by atoms with van der Waals surface area (Å²) in [6.45, 7) is 4.41. The van der Waals surface area contributed by atoms with Gasteiger partial charge in [0.1, 0.15) is 11.6 Å². The first-order chi connectivity index (χ1) is 13.9. The summed E-state index contributed by atoms with van der Waals surface area (Å²) in [5, 5.41) is 2.02. The molecule has 0 saturated carbocycles. The number of fused-ring (bicyclic) bond motifs is 2. The molecule has 152 valence electrons. The Bertz CT molecular complexity index is 1000. The number of hydrogen-bond acceptors (Lipinski definition) is 3. The van der Waals surface area contributed by atoms with E-state index in [4.69, 9.17) is 46.4 Å². The van der Waals surface area contributed by atoms with Gasteiger partial charge in [0.05, 0.1) is 55.2 Å². The van der Waals surface area contributed by atoms with Crippen LogP contribution in [0.5, 0.6) is 0 Å². The van der Waals surface area contributed by atoms with Gasteiger partial charge < -0.3 is 9.97 Å². The Labute approximate surface area is 188 Å². The molecule has 0 atom stereocenters. The van der Waals surface area contributed by atoms with Crippen LogP contribution in [0.1, 0.15) is 31.4 Å². The van der Waals surface area contributed by atoms with Gasteiger partial charge in [-0.05, 0) is 37.2 Å². The maximum Gasteiger partial charge on any atom is 0.121 e. The van der Waals surface area contributed by atoms with Crippen LogP contribution in [0.3, 0.4) is 0 Å². The Balaban J connectivity index is 1.57. The lowest BCUT2D eigenvalue weighted by Crippen LogP contribution is -2.25. The molecule has 29 heavy (non-hydrogen) atoms. The predicted octanol–water partition coefficient (Wildman–Crippen LogP) is 6.86. The van der Waals surface area contributed by atoms with Crippen LogP contribution >= 0.6 is 46.4 Å². The molecule has 0 aliphatic heterocycles. The molecule has 9 heteroatoms. The summed E-state index contributed by atoms with van der Waals surface area (Å²) < 4.78 is 0. The number of halogens is 4. The predicted molar refractivity (Wildman–Crippen MR) is 121 cm³/mol. The first-order valence-corrected chi connectivity index (χ1v) is 10.8. The second-order valence-electron chi connectivity index (χ2n) is 7.00. The fraction of sp³-hybridized carbons (Fsp3) is 0.300. The van der Waals surface area contributed by atoms with Crippen molar-refractivity contribution in [2.24, 2.45) is 0 Å². The number of aromatic amines is 2. The fourth-order valence-electron chi connectivity index (χ4n) is 3.28. The minimum absolute atomic E-state index is 0.500. The molecule has 2 N–H and O–H groups in total. The van der Waals surface area contributed by atoms with Gasteiger partial charge in [0.25, 0.3) is 0 Å². The van der Waals surface area contributed by atoms with E-state index >= 15 is 0 Å². The Morgan fingerprint density at radius 1 is 0.759 bits per heavy atom. The summed E-state index contributed by atoms with van der Waals surface area (Å²) in [5.41, 5.74) is 3.35. The lowest BCUT2D eigenvalue weighted by atomic mass is 10.3. The summed E-state index contributed by atoms with van der Waals surface area (Å²) in [6, 6.07) is 7.17. The summed E-state index contributed by atoms with van der Waals surface area (Å²) in [5.74, 6) is 1.72. The second-order valence-corrected chi connectivity index (χ2v) is 8.63. The quantitative estimate of drug-likeness (QED) is 0.310. The van der Waals surface area contributed by atoms with Gasteiger partial charge in [0.15, 0.2) is 0 Å². The number of hydrogen-bond donors (Lipinski definition) is 2. The molecular weight excluding hydrogens is 452 g/mol. The van der Waals surface area contributed by atoms with Crippen molar-refractivity contribution in [2.75, 3.05) is 6.54 Å². The third-order valence-corrected chi connectivity index (χ3v) is 6.16. The first-order valence-electron chi connectivity index (χ1n) is 9.32. The lowest BCUT2D eigenvalue weighted by Gasteiger charge is -2.19. The van der Waals surface area contributed by atoms with E-state index < -0.39 is 0 Å². The van der Waals surface area contributed by atoms with Gasteiger partial charge in [-0.1, -0.05) is 59.7 Å². The fourth-order valence-corrected chi connectivity index (χ4v) is 3.93. The Morgan fingerprint density at radius 3 is 1.66 bits per heavy atom. The SMILES string of the molecule is CCCCN(Cc1nc2cc(Cl)c(Cl)cc2[nH]1)Cc1nc2cc(Cl)c(Cl)cc2[nH]1. The molecule has 5 nitrogen and oxygen atoms in total. The largest absolute Gasteiger partial charge is 0.341 e. The second kappa shape index (κ2) is 8.70. The van der Waals surface area contributed by atoms with Crippen LogP contribution in [-0.2, 0) is 13.1 Å². The molecule has 0 spiro atoms. The molecule has 2 aromatic heterocycles. The molecule has 0 saturated heterocycles. The van der Waals surface area contributed by atoms with Gasteiger partial charge in [-0.25, -0.2) is 9.97 Å². The average molecular weight is 471 g/mol. The van der Waals surface area contributed by atoms with E-state index in [1.165, 1.54) is 0 Å². The van der Waals surface area contributed by atoms with E-state index in [-0.39, 0.29) is 0 Å². The van der Waals surface area contributed by atoms with E-state index in [2.05, 4.69) is 31.8 Å². The van der Waals surface area contributed by atoms with Gasteiger partial charge in [0, 0.05) is 0 Å². The number of nitrogens with one attached hydrogen (secondary N) is 2.